The lowest BCUT2D eigenvalue weighted by Crippen LogP contribution is -2.33. The van der Waals surface area contributed by atoms with E-state index >= 15 is 0 Å². The molecule has 25 heavy (non-hydrogen) atoms. The van der Waals surface area contributed by atoms with Crippen LogP contribution in [0.3, 0.4) is 0 Å². The standard InChI is InChI=1S/C20H20F3NO/c21-20(22,23)18-8-5-15(6-9-18)7-10-19(25)24-13-11-16-3-1-2-4-17(16)12-14-24/h1-6,8-9H,7,10-14H2. The molecule has 0 aromatic heterocycles. The molecule has 1 aliphatic rings. The van der Waals surface area contributed by atoms with Gasteiger partial charge in [0.25, 0.3) is 0 Å². The van der Waals surface area contributed by atoms with Gasteiger partial charge in [-0.25, -0.2) is 0 Å². The number of nitrogens with zero attached hydrogens (tertiary/aromatic N) is 1. The van der Waals surface area contributed by atoms with Crippen LogP contribution in [0.2, 0.25) is 0 Å². The predicted octanol–water partition coefficient (Wildman–Crippen LogP) is 4.27. The summed E-state index contributed by atoms with van der Waals surface area (Å²) in [6, 6.07) is 13.3. The maximum Gasteiger partial charge on any atom is 0.416 e. The summed E-state index contributed by atoms with van der Waals surface area (Å²) in [5.41, 5.74) is 2.67. The number of rotatable bonds is 3. The van der Waals surface area contributed by atoms with Crippen molar-refractivity contribution >= 4 is 5.91 Å². The molecule has 0 radical (unpaired) electrons. The molecule has 2 aromatic carbocycles. The summed E-state index contributed by atoms with van der Waals surface area (Å²) in [6.07, 6.45) is -1.85. The van der Waals surface area contributed by atoms with Crippen molar-refractivity contribution in [1.82, 2.24) is 4.90 Å². The van der Waals surface area contributed by atoms with Crippen molar-refractivity contribution in [1.29, 1.82) is 0 Å². The first-order valence-corrected chi connectivity index (χ1v) is 8.44. The van der Waals surface area contributed by atoms with E-state index in [0.717, 1.165) is 30.5 Å². The summed E-state index contributed by atoms with van der Waals surface area (Å²) in [5.74, 6) is 0.0627. The second kappa shape index (κ2) is 7.30. The lowest BCUT2D eigenvalue weighted by atomic mass is 10.0. The molecular weight excluding hydrogens is 327 g/mol. The molecule has 2 nitrogen and oxygen atoms in total. The molecule has 5 heteroatoms. The van der Waals surface area contributed by atoms with Crippen molar-refractivity contribution in [2.75, 3.05) is 13.1 Å². The van der Waals surface area contributed by atoms with Crippen LogP contribution in [0.5, 0.6) is 0 Å². The van der Waals surface area contributed by atoms with Crippen LogP contribution in [-0.4, -0.2) is 23.9 Å². The molecule has 0 N–H and O–H groups in total. The highest BCUT2D eigenvalue weighted by Gasteiger charge is 2.29. The highest BCUT2D eigenvalue weighted by molar-refractivity contribution is 5.76. The summed E-state index contributed by atoms with van der Waals surface area (Å²) >= 11 is 0. The average Bonchev–Trinajstić information content (AvgIpc) is 2.82. The molecule has 1 aliphatic heterocycles. The minimum atomic E-state index is -4.32. The molecule has 0 bridgehead atoms. The van der Waals surface area contributed by atoms with Crippen LogP contribution in [0.15, 0.2) is 48.5 Å². The number of aryl methyl sites for hydroxylation is 1. The SMILES string of the molecule is O=C(CCc1ccc(C(F)(F)F)cc1)N1CCc2ccccc2CC1. The summed E-state index contributed by atoms with van der Waals surface area (Å²) in [6.45, 7) is 1.39. The second-order valence-corrected chi connectivity index (χ2v) is 6.34. The number of carbonyl (C=O) groups is 1. The number of halogens is 3. The topological polar surface area (TPSA) is 20.3 Å². The molecule has 132 valence electrons. The van der Waals surface area contributed by atoms with Gasteiger partial charge in [-0.1, -0.05) is 36.4 Å². The van der Waals surface area contributed by atoms with Gasteiger partial charge in [0.15, 0.2) is 0 Å². The van der Waals surface area contributed by atoms with Crippen LogP contribution in [0.4, 0.5) is 13.2 Å². The Hall–Kier alpha value is -2.30. The smallest absolute Gasteiger partial charge is 0.342 e. The predicted molar refractivity (Wildman–Crippen MR) is 90.2 cm³/mol. The molecule has 2 aromatic rings. The Bertz CT molecular complexity index is 710. The van der Waals surface area contributed by atoms with Crippen LogP contribution in [-0.2, 0) is 30.2 Å². The molecule has 0 atom stereocenters. The van der Waals surface area contributed by atoms with Gasteiger partial charge in [-0.05, 0) is 48.1 Å². The maximum absolute atomic E-state index is 12.6. The number of amides is 1. The Balaban J connectivity index is 1.55. The van der Waals surface area contributed by atoms with Crippen LogP contribution in [0.25, 0.3) is 0 Å². The Morgan fingerprint density at radius 1 is 0.920 bits per heavy atom. The molecule has 1 amide bonds. The first kappa shape index (κ1) is 17.5. The van der Waals surface area contributed by atoms with E-state index < -0.39 is 11.7 Å². The van der Waals surface area contributed by atoms with Crippen molar-refractivity contribution in [2.24, 2.45) is 0 Å². The van der Waals surface area contributed by atoms with Gasteiger partial charge in [-0.3, -0.25) is 4.79 Å². The van der Waals surface area contributed by atoms with Crippen molar-refractivity contribution < 1.29 is 18.0 Å². The number of hydrogen-bond acceptors (Lipinski definition) is 1. The monoisotopic (exact) mass is 347 g/mol. The van der Waals surface area contributed by atoms with E-state index in [1.165, 1.54) is 23.3 Å². The van der Waals surface area contributed by atoms with Gasteiger partial charge in [-0.15, -0.1) is 0 Å². The average molecular weight is 347 g/mol. The fourth-order valence-electron chi connectivity index (χ4n) is 3.19. The van der Waals surface area contributed by atoms with Gasteiger partial charge in [0.1, 0.15) is 0 Å². The zero-order valence-corrected chi connectivity index (χ0v) is 13.9. The zero-order chi connectivity index (χ0) is 17.9. The summed E-state index contributed by atoms with van der Waals surface area (Å²) in [5, 5.41) is 0. The largest absolute Gasteiger partial charge is 0.416 e. The van der Waals surface area contributed by atoms with Crippen LogP contribution >= 0.6 is 0 Å². The molecule has 0 saturated heterocycles. The second-order valence-electron chi connectivity index (χ2n) is 6.34. The summed E-state index contributed by atoms with van der Waals surface area (Å²) in [7, 11) is 0. The molecule has 3 rings (SSSR count). The summed E-state index contributed by atoms with van der Waals surface area (Å²) < 4.78 is 37.7. The molecule has 0 aliphatic carbocycles. The Labute approximate surface area is 145 Å². The first-order chi connectivity index (χ1) is 11.9. The number of hydrogen-bond donors (Lipinski definition) is 0. The van der Waals surface area contributed by atoms with E-state index in [1.807, 2.05) is 17.0 Å². The van der Waals surface area contributed by atoms with Crippen molar-refractivity contribution in [2.45, 2.75) is 31.9 Å². The highest BCUT2D eigenvalue weighted by Crippen LogP contribution is 2.29. The minimum absolute atomic E-state index is 0.0627. The first-order valence-electron chi connectivity index (χ1n) is 8.44. The number of alkyl halides is 3. The van der Waals surface area contributed by atoms with Crippen LogP contribution in [0.1, 0.15) is 28.7 Å². The summed E-state index contributed by atoms with van der Waals surface area (Å²) in [4.78, 5) is 14.3. The molecule has 0 unspecified atom stereocenters. The van der Waals surface area contributed by atoms with E-state index in [1.54, 1.807) is 0 Å². The number of benzene rings is 2. The fourth-order valence-corrected chi connectivity index (χ4v) is 3.19. The Kier molecular flexibility index (Phi) is 5.11. The number of carbonyl (C=O) groups excluding carboxylic acids is 1. The maximum atomic E-state index is 12.6. The van der Waals surface area contributed by atoms with Gasteiger partial charge in [0.05, 0.1) is 5.56 Å². The minimum Gasteiger partial charge on any atom is -0.342 e. The molecule has 0 spiro atoms. The lowest BCUT2D eigenvalue weighted by molar-refractivity contribution is -0.137. The third-order valence-electron chi connectivity index (χ3n) is 4.68. The van der Waals surface area contributed by atoms with E-state index in [2.05, 4.69) is 12.1 Å². The van der Waals surface area contributed by atoms with E-state index in [-0.39, 0.29) is 5.91 Å². The Morgan fingerprint density at radius 3 is 2.00 bits per heavy atom. The molecule has 0 saturated carbocycles. The van der Waals surface area contributed by atoms with Crippen molar-refractivity contribution in [3.8, 4) is 0 Å². The molecular formula is C20H20F3NO. The van der Waals surface area contributed by atoms with Gasteiger partial charge < -0.3 is 4.90 Å². The number of fused-ring (bicyclic) bond motifs is 1. The zero-order valence-electron chi connectivity index (χ0n) is 13.9. The van der Waals surface area contributed by atoms with Gasteiger partial charge >= 0.3 is 6.18 Å². The van der Waals surface area contributed by atoms with E-state index in [9.17, 15) is 18.0 Å². The Morgan fingerprint density at radius 2 is 1.48 bits per heavy atom. The lowest BCUT2D eigenvalue weighted by Gasteiger charge is -2.20. The third kappa shape index (κ3) is 4.41. The van der Waals surface area contributed by atoms with Gasteiger partial charge in [0.2, 0.25) is 5.91 Å². The van der Waals surface area contributed by atoms with Crippen LogP contribution in [0, 0.1) is 0 Å². The van der Waals surface area contributed by atoms with Gasteiger partial charge in [-0.2, -0.15) is 13.2 Å². The normalized spacial score (nSPS) is 14.8. The highest BCUT2D eigenvalue weighted by atomic mass is 19.4. The van der Waals surface area contributed by atoms with E-state index in [4.69, 9.17) is 0 Å². The molecule has 1 heterocycles. The third-order valence-corrected chi connectivity index (χ3v) is 4.68. The van der Waals surface area contributed by atoms with Crippen molar-refractivity contribution in [3.63, 3.8) is 0 Å². The van der Waals surface area contributed by atoms with E-state index in [0.29, 0.717) is 25.9 Å². The molecule has 0 fully saturated rings. The van der Waals surface area contributed by atoms with Crippen molar-refractivity contribution in [3.05, 3.63) is 70.8 Å². The fraction of sp³-hybridized carbons (Fsp3) is 0.350. The van der Waals surface area contributed by atoms with Crippen LogP contribution < -0.4 is 0 Å². The quantitative estimate of drug-likeness (QED) is 0.812. The van der Waals surface area contributed by atoms with Gasteiger partial charge in [0, 0.05) is 19.5 Å².